The molecule has 2 aromatic rings. The van der Waals surface area contributed by atoms with Crippen molar-refractivity contribution in [1.29, 1.82) is 0 Å². The summed E-state index contributed by atoms with van der Waals surface area (Å²) in [6, 6.07) is 7.66. The van der Waals surface area contributed by atoms with Gasteiger partial charge in [-0.25, -0.2) is 9.78 Å². The van der Waals surface area contributed by atoms with E-state index in [1.54, 1.807) is 0 Å². The van der Waals surface area contributed by atoms with Crippen LogP contribution in [0.4, 0.5) is 5.69 Å². The summed E-state index contributed by atoms with van der Waals surface area (Å²) in [7, 11) is 0. The van der Waals surface area contributed by atoms with Gasteiger partial charge in [0.15, 0.2) is 10.0 Å². The smallest absolute Gasteiger partial charge is 0.355 e. The molecular weight excluding hydrogens is 394 g/mol. The van der Waals surface area contributed by atoms with Crippen molar-refractivity contribution in [3.05, 3.63) is 40.4 Å². The molecule has 1 aliphatic heterocycles. The van der Waals surface area contributed by atoms with E-state index in [0.717, 1.165) is 12.1 Å². The van der Waals surface area contributed by atoms with Crippen molar-refractivity contribution in [2.75, 3.05) is 24.2 Å². The molecule has 1 aliphatic rings. The average Bonchev–Trinajstić information content (AvgIpc) is 3.23. The molecule has 0 radical (unpaired) electrons. The Bertz CT molecular complexity index is 782. The van der Waals surface area contributed by atoms with Crippen LogP contribution in [0.3, 0.4) is 0 Å². The van der Waals surface area contributed by atoms with Crippen molar-refractivity contribution in [1.82, 2.24) is 9.88 Å². The van der Waals surface area contributed by atoms with Gasteiger partial charge in [0.05, 0.1) is 0 Å². The number of thioether (sulfide) groups is 1. The fourth-order valence-electron chi connectivity index (χ4n) is 2.77. The van der Waals surface area contributed by atoms with Crippen molar-refractivity contribution in [3.63, 3.8) is 0 Å². The van der Waals surface area contributed by atoms with Crippen LogP contribution in [0.15, 0.2) is 34.0 Å². The molecule has 138 valence electrons. The molecule has 26 heavy (non-hydrogen) atoms. The minimum atomic E-state index is -1.02. The molecule has 0 bridgehead atoms. The van der Waals surface area contributed by atoms with Crippen LogP contribution in [0, 0.1) is 0 Å². The van der Waals surface area contributed by atoms with Crippen molar-refractivity contribution in [2.24, 2.45) is 0 Å². The number of rotatable bonds is 8. The number of anilines is 1. The fraction of sp³-hybridized carbons (Fsp3) is 0.353. The highest BCUT2D eigenvalue weighted by molar-refractivity contribution is 8.01. The van der Waals surface area contributed by atoms with Gasteiger partial charge in [0.2, 0.25) is 5.91 Å². The largest absolute Gasteiger partial charge is 0.476 e. The first-order chi connectivity index (χ1) is 12.5. The van der Waals surface area contributed by atoms with E-state index in [2.05, 4.69) is 10.3 Å². The first-order valence-electron chi connectivity index (χ1n) is 8.13. The summed E-state index contributed by atoms with van der Waals surface area (Å²) in [5.74, 6) is -0.162. The zero-order valence-corrected chi connectivity index (χ0v) is 16.2. The van der Waals surface area contributed by atoms with Crippen LogP contribution >= 0.6 is 34.7 Å². The second-order valence-corrected chi connectivity index (χ2v) is 8.46. The Morgan fingerprint density at radius 1 is 1.42 bits per heavy atom. The van der Waals surface area contributed by atoms with Gasteiger partial charge in [-0.2, -0.15) is 0 Å². The van der Waals surface area contributed by atoms with Gasteiger partial charge in [0.1, 0.15) is 0 Å². The van der Waals surface area contributed by atoms with E-state index in [4.69, 9.17) is 16.7 Å². The third-order valence-electron chi connectivity index (χ3n) is 4.10. The van der Waals surface area contributed by atoms with E-state index in [0.29, 0.717) is 34.6 Å². The van der Waals surface area contributed by atoms with E-state index < -0.39 is 5.97 Å². The van der Waals surface area contributed by atoms with Gasteiger partial charge in [0, 0.05) is 47.4 Å². The SMILES string of the molecule is O=C(O)c1csc(SCCN2C(=O)CC[C@@H]2CNc2ccc(Cl)cc2)n1. The maximum absolute atomic E-state index is 12.2. The highest BCUT2D eigenvalue weighted by Crippen LogP contribution is 2.25. The normalized spacial score (nSPS) is 16.9. The molecule has 1 aromatic carbocycles. The van der Waals surface area contributed by atoms with Gasteiger partial charge in [-0.3, -0.25) is 4.79 Å². The third kappa shape index (κ3) is 4.90. The van der Waals surface area contributed by atoms with Gasteiger partial charge in [0.25, 0.3) is 0 Å². The molecule has 1 atom stereocenters. The second-order valence-electron chi connectivity index (χ2n) is 5.82. The van der Waals surface area contributed by atoms with Gasteiger partial charge < -0.3 is 15.3 Å². The van der Waals surface area contributed by atoms with Crippen molar-refractivity contribution < 1.29 is 14.7 Å². The molecule has 0 aliphatic carbocycles. The number of halogens is 1. The number of hydrogen-bond donors (Lipinski definition) is 2. The topological polar surface area (TPSA) is 82.5 Å². The van der Waals surface area contributed by atoms with Gasteiger partial charge in [-0.05, 0) is 30.7 Å². The van der Waals surface area contributed by atoms with E-state index in [-0.39, 0.29) is 17.6 Å². The molecule has 1 saturated heterocycles. The van der Waals surface area contributed by atoms with Crippen LogP contribution < -0.4 is 5.32 Å². The lowest BCUT2D eigenvalue weighted by Crippen LogP contribution is -2.39. The number of amides is 1. The van der Waals surface area contributed by atoms with E-state index >= 15 is 0 Å². The number of thiazole rings is 1. The summed E-state index contributed by atoms with van der Waals surface area (Å²) in [6.45, 7) is 1.32. The minimum absolute atomic E-state index is 0.0692. The number of nitrogens with zero attached hydrogens (tertiary/aromatic N) is 2. The summed E-state index contributed by atoms with van der Waals surface area (Å²) in [5.41, 5.74) is 1.05. The lowest BCUT2D eigenvalue weighted by Gasteiger charge is -2.25. The quantitative estimate of drug-likeness (QED) is 0.644. The number of carbonyl (C=O) groups is 2. The number of aromatic nitrogens is 1. The lowest BCUT2D eigenvalue weighted by molar-refractivity contribution is -0.128. The first kappa shape index (κ1) is 19.0. The van der Waals surface area contributed by atoms with E-state index in [1.807, 2.05) is 29.2 Å². The Labute approximate surface area is 164 Å². The van der Waals surface area contributed by atoms with Crippen LogP contribution in [-0.2, 0) is 4.79 Å². The Hall–Kier alpha value is -1.77. The molecule has 0 saturated carbocycles. The van der Waals surface area contributed by atoms with Gasteiger partial charge in [-0.1, -0.05) is 23.4 Å². The average molecular weight is 412 g/mol. The first-order valence-corrected chi connectivity index (χ1v) is 10.4. The molecule has 2 N–H and O–H groups in total. The number of carboxylic acids is 1. The molecule has 9 heteroatoms. The molecule has 1 aromatic heterocycles. The molecule has 0 unspecified atom stereocenters. The van der Waals surface area contributed by atoms with Crippen LogP contribution in [0.1, 0.15) is 23.3 Å². The zero-order chi connectivity index (χ0) is 18.5. The number of nitrogens with one attached hydrogen (secondary N) is 1. The second kappa shape index (κ2) is 8.75. The Balaban J connectivity index is 1.49. The fourth-order valence-corrected chi connectivity index (χ4v) is 4.70. The minimum Gasteiger partial charge on any atom is -0.476 e. The van der Waals surface area contributed by atoms with Gasteiger partial charge >= 0.3 is 5.97 Å². The summed E-state index contributed by atoms with van der Waals surface area (Å²) in [4.78, 5) is 29.0. The Morgan fingerprint density at radius 3 is 2.88 bits per heavy atom. The summed E-state index contributed by atoms with van der Waals surface area (Å²) in [5, 5.41) is 14.5. The predicted molar refractivity (Wildman–Crippen MR) is 104 cm³/mol. The molecule has 1 fully saturated rings. The molecule has 2 heterocycles. The number of hydrogen-bond acceptors (Lipinski definition) is 6. The third-order valence-corrected chi connectivity index (χ3v) is 6.35. The highest BCUT2D eigenvalue weighted by Gasteiger charge is 2.30. The maximum atomic E-state index is 12.2. The standard InChI is InChI=1S/C17H18ClN3O3S2/c18-11-1-3-12(4-2-11)19-9-13-5-6-15(22)21(13)7-8-25-17-20-14(10-26-17)16(23)24/h1-4,10,13,19H,5-9H2,(H,23,24)/t13-/m1/s1. The lowest BCUT2D eigenvalue weighted by atomic mass is 10.2. The molecule has 3 rings (SSSR count). The van der Waals surface area contributed by atoms with Crippen LogP contribution in [-0.4, -0.2) is 51.8 Å². The number of carbonyl (C=O) groups excluding carboxylic acids is 1. The number of carboxylic acid groups (broad SMARTS) is 1. The van der Waals surface area contributed by atoms with Crippen molar-refractivity contribution >= 4 is 52.3 Å². The van der Waals surface area contributed by atoms with E-state index in [1.165, 1.54) is 28.5 Å². The highest BCUT2D eigenvalue weighted by atomic mass is 35.5. The zero-order valence-electron chi connectivity index (χ0n) is 13.9. The summed E-state index contributed by atoms with van der Waals surface area (Å²) in [6.07, 6.45) is 1.41. The van der Waals surface area contributed by atoms with Crippen LogP contribution in [0.25, 0.3) is 0 Å². The van der Waals surface area contributed by atoms with Crippen LogP contribution in [0.5, 0.6) is 0 Å². The maximum Gasteiger partial charge on any atom is 0.355 e. The summed E-state index contributed by atoms with van der Waals surface area (Å²) < 4.78 is 0.713. The monoisotopic (exact) mass is 411 g/mol. The molecular formula is C17H18ClN3O3S2. The van der Waals surface area contributed by atoms with Crippen molar-refractivity contribution in [3.8, 4) is 0 Å². The summed E-state index contributed by atoms with van der Waals surface area (Å²) >= 11 is 8.68. The number of likely N-dealkylation sites (tertiary alicyclic amines) is 1. The van der Waals surface area contributed by atoms with Crippen LogP contribution in [0.2, 0.25) is 5.02 Å². The predicted octanol–water partition coefficient (Wildman–Crippen LogP) is 3.69. The van der Waals surface area contributed by atoms with Crippen molar-refractivity contribution in [2.45, 2.75) is 23.2 Å². The molecule has 1 amide bonds. The molecule has 0 spiro atoms. The Kier molecular flexibility index (Phi) is 6.39. The Morgan fingerprint density at radius 2 is 2.19 bits per heavy atom. The number of aromatic carboxylic acids is 1. The van der Waals surface area contributed by atoms with E-state index in [9.17, 15) is 9.59 Å². The molecule has 6 nitrogen and oxygen atoms in total. The van der Waals surface area contributed by atoms with Gasteiger partial charge in [-0.15, -0.1) is 11.3 Å². The number of benzene rings is 1.